The minimum atomic E-state index is -0.307. The van der Waals surface area contributed by atoms with Crippen LogP contribution in [0, 0.1) is 5.92 Å². The van der Waals surface area contributed by atoms with Crippen molar-refractivity contribution in [1.82, 2.24) is 4.67 Å². The fraction of sp³-hybridized carbons (Fsp3) is 0.944. The molecule has 0 aromatic heterocycles. The molecule has 0 spiro atoms. The van der Waals surface area contributed by atoms with E-state index in [1.807, 2.05) is 25.2 Å². The van der Waals surface area contributed by atoms with E-state index in [1.165, 1.54) is 11.8 Å². The SMILES string of the molecule is CC(C)C(=O)SCC(C)(C)OC(C)(C)CSPN(C(C)C)C(C)C. The van der Waals surface area contributed by atoms with Crippen molar-refractivity contribution in [3.63, 3.8) is 0 Å². The predicted octanol–water partition coefficient (Wildman–Crippen LogP) is 5.84. The number of ether oxygens (including phenoxy) is 1. The molecule has 0 rings (SSSR count). The molecule has 0 aromatic carbocycles. The lowest BCUT2D eigenvalue weighted by atomic mass is 10.1. The smallest absolute Gasteiger partial charge is 0.191 e. The normalized spacial score (nSPS) is 14.1. The van der Waals surface area contributed by atoms with Gasteiger partial charge in [-0.3, -0.25) is 9.46 Å². The summed E-state index contributed by atoms with van der Waals surface area (Å²) in [6.45, 7) is 21.4. The molecule has 0 saturated carbocycles. The highest BCUT2D eigenvalue weighted by atomic mass is 32.7. The summed E-state index contributed by atoms with van der Waals surface area (Å²) in [5.74, 6) is 1.73. The van der Waals surface area contributed by atoms with Gasteiger partial charge in [0, 0.05) is 37.4 Å². The van der Waals surface area contributed by atoms with Gasteiger partial charge in [0.2, 0.25) is 0 Å². The second kappa shape index (κ2) is 10.8. The van der Waals surface area contributed by atoms with E-state index in [4.69, 9.17) is 4.74 Å². The Labute approximate surface area is 160 Å². The number of carbonyl (C=O) groups is 1. The van der Waals surface area contributed by atoms with Crippen LogP contribution >= 0.6 is 31.1 Å². The Morgan fingerprint density at radius 3 is 1.83 bits per heavy atom. The lowest BCUT2D eigenvalue weighted by Crippen LogP contribution is -2.40. The molecule has 0 N–H and O–H groups in total. The summed E-state index contributed by atoms with van der Waals surface area (Å²) in [5, 5.41) is 0.241. The molecule has 24 heavy (non-hydrogen) atoms. The maximum atomic E-state index is 11.8. The molecule has 0 amide bonds. The summed E-state index contributed by atoms with van der Waals surface area (Å²) < 4.78 is 8.87. The molecule has 1 atom stereocenters. The molecule has 6 heteroatoms. The molecule has 144 valence electrons. The van der Waals surface area contributed by atoms with Crippen molar-refractivity contribution < 1.29 is 9.53 Å². The Balaban J connectivity index is 4.43. The molecule has 0 aliphatic heterocycles. The summed E-state index contributed by atoms with van der Waals surface area (Å²) >= 11 is 3.34. The molecular formula is C18H38NO2PS2. The van der Waals surface area contributed by atoms with Crippen molar-refractivity contribution in [2.24, 2.45) is 5.92 Å². The van der Waals surface area contributed by atoms with Gasteiger partial charge in [-0.2, -0.15) is 0 Å². The lowest BCUT2D eigenvalue weighted by molar-refractivity contribution is -0.114. The monoisotopic (exact) mass is 395 g/mol. The summed E-state index contributed by atoms with van der Waals surface area (Å²) in [6, 6.07) is 1.13. The van der Waals surface area contributed by atoms with E-state index < -0.39 is 0 Å². The third-order valence-corrected chi connectivity index (χ3v) is 8.55. The number of nitrogens with zero attached hydrogens (tertiary/aromatic N) is 1. The maximum absolute atomic E-state index is 11.8. The molecule has 0 saturated heterocycles. The molecule has 1 unspecified atom stereocenters. The molecular weight excluding hydrogens is 357 g/mol. The van der Waals surface area contributed by atoms with Gasteiger partial charge < -0.3 is 4.74 Å². The minimum Gasteiger partial charge on any atom is -0.368 e. The zero-order valence-corrected chi connectivity index (χ0v) is 19.9. The van der Waals surface area contributed by atoms with Crippen LogP contribution in [0.15, 0.2) is 0 Å². The van der Waals surface area contributed by atoms with Gasteiger partial charge >= 0.3 is 0 Å². The second-order valence-electron chi connectivity index (χ2n) is 8.36. The predicted molar refractivity (Wildman–Crippen MR) is 114 cm³/mol. The highest BCUT2D eigenvalue weighted by Crippen LogP contribution is 2.40. The number of carbonyl (C=O) groups excluding carboxylic acids is 1. The number of hydrogen-bond donors (Lipinski definition) is 0. The molecule has 0 bridgehead atoms. The average Bonchev–Trinajstić information content (AvgIpc) is 2.38. The second-order valence-corrected chi connectivity index (χ2v) is 12.0. The Morgan fingerprint density at radius 2 is 1.42 bits per heavy atom. The van der Waals surface area contributed by atoms with Gasteiger partial charge in [0.25, 0.3) is 0 Å². The number of rotatable bonds is 11. The number of hydrogen-bond acceptors (Lipinski definition) is 5. The molecule has 3 nitrogen and oxygen atoms in total. The first-order valence-corrected chi connectivity index (χ1v) is 12.4. The van der Waals surface area contributed by atoms with Crippen LogP contribution in [-0.2, 0) is 9.53 Å². The van der Waals surface area contributed by atoms with Gasteiger partial charge in [0.1, 0.15) is 0 Å². The third kappa shape index (κ3) is 10.7. The van der Waals surface area contributed by atoms with Crippen molar-refractivity contribution in [3.8, 4) is 0 Å². The highest BCUT2D eigenvalue weighted by Gasteiger charge is 2.30. The zero-order valence-electron chi connectivity index (χ0n) is 17.2. The van der Waals surface area contributed by atoms with Gasteiger partial charge in [0.15, 0.2) is 5.12 Å². The van der Waals surface area contributed by atoms with E-state index in [0.29, 0.717) is 17.8 Å². The summed E-state index contributed by atoms with van der Waals surface area (Å²) in [6.07, 6.45) is 0. The zero-order chi connectivity index (χ0) is 19.1. The Bertz CT molecular complexity index is 377. The van der Waals surface area contributed by atoms with Crippen molar-refractivity contribution >= 4 is 36.2 Å². The van der Waals surface area contributed by atoms with Gasteiger partial charge in [-0.1, -0.05) is 25.6 Å². The van der Waals surface area contributed by atoms with E-state index in [9.17, 15) is 4.79 Å². The maximum Gasteiger partial charge on any atom is 0.191 e. The fourth-order valence-corrected chi connectivity index (χ4v) is 7.18. The Kier molecular flexibility index (Phi) is 11.1. The van der Waals surface area contributed by atoms with E-state index >= 15 is 0 Å². The van der Waals surface area contributed by atoms with Crippen LogP contribution in [0.25, 0.3) is 0 Å². The van der Waals surface area contributed by atoms with E-state index in [2.05, 4.69) is 60.1 Å². The Morgan fingerprint density at radius 1 is 0.958 bits per heavy atom. The van der Waals surface area contributed by atoms with Crippen LogP contribution in [0.3, 0.4) is 0 Å². The number of thioether (sulfide) groups is 1. The highest BCUT2D eigenvalue weighted by molar-refractivity contribution is 8.48. The molecule has 0 aliphatic rings. The van der Waals surface area contributed by atoms with Gasteiger partial charge in [-0.15, -0.1) is 11.4 Å². The Hall–Kier alpha value is 0.720. The quantitative estimate of drug-likeness (QED) is 0.410. The van der Waals surface area contributed by atoms with Gasteiger partial charge in [-0.25, -0.2) is 0 Å². The molecule has 0 fully saturated rings. The van der Waals surface area contributed by atoms with Crippen LogP contribution in [0.1, 0.15) is 69.2 Å². The largest absolute Gasteiger partial charge is 0.368 e. The van der Waals surface area contributed by atoms with Crippen LogP contribution < -0.4 is 0 Å². The van der Waals surface area contributed by atoms with Crippen molar-refractivity contribution in [2.45, 2.75) is 92.5 Å². The first-order chi connectivity index (χ1) is 10.8. The van der Waals surface area contributed by atoms with E-state index in [0.717, 1.165) is 13.7 Å². The van der Waals surface area contributed by atoms with Crippen molar-refractivity contribution in [3.05, 3.63) is 0 Å². The summed E-state index contributed by atoms with van der Waals surface area (Å²) in [5.41, 5.74) is -0.513. The summed E-state index contributed by atoms with van der Waals surface area (Å²) in [7, 11) is 0.748. The molecule has 0 aromatic rings. The van der Waals surface area contributed by atoms with Crippen molar-refractivity contribution in [2.75, 3.05) is 11.5 Å². The molecule has 0 heterocycles. The fourth-order valence-electron chi connectivity index (χ4n) is 2.31. The average molecular weight is 396 g/mol. The van der Waals surface area contributed by atoms with Crippen LogP contribution in [0.4, 0.5) is 0 Å². The van der Waals surface area contributed by atoms with Crippen LogP contribution in [-0.4, -0.2) is 44.6 Å². The summed E-state index contributed by atoms with van der Waals surface area (Å²) in [4.78, 5) is 11.8. The minimum absolute atomic E-state index is 0.0774. The van der Waals surface area contributed by atoms with Gasteiger partial charge in [0.05, 0.1) is 11.2 Å². The van der Waals surface area contributed by atoms with Gasteiger partial charge in [-0.05, 0) is 55.4 Å². The van der Waals surface area contributed by atoms with Crippen molar-refractivity contribution in [1.29, 1.82) is 0 Å². The van der Waals surface area contributed by atoms with Crippen LogP contribution in [0.2, 0.25) is 0 Å². The molecule has 0 radical (unpaired) electrons. The molecule has 0 aliphatic carbocycles. The van der Waals surface area contributed by atoms with E-state index in [-0.39, 0.29) is 22.2 Å². The lowest BCUT2D eigenvalue weighted by Gasteiger charge is -2.37. The first-order valence-electron chi connectivity index (χ1n) is 8.80. The third-order valence-electron chi connectivity index (χ3n) is 3.29. The first kappa shape index (κ1) is 24.7. The topological polar surface area (TPSA) is 29.5 Å². The van der Waals surface area contributed by atoms with E-state index in [1.54, 1.807) is 0 Å². The standard InChI is InChI=1S/C18H38NO2PS2/c1-13(2)16(20)23-11-17(7,8)21-18(9,10)12-24-22-19(14(3)4)15(5)6/h13-15,22H,11-12H2,1-10H3. The van der Waals surface area contributed by atoms with Crippen LogP contribution in [0.5, 0.6) is 0 Å².